The third kappa shape index (κ3) is 2.21. The smallest absolute Gasteiger partial charge is 0.173 e. The second-order valence-corrected chi connectivity index (χ2v) is 5.24. The molecule has 0 radical (unpaired) electrons. The zero-order valence-electron chi connectivity index (χ0n) is 12.2. The quantitative estimate of drug-likeness (QED) is 0.801. The van der Waals surface area contributed by atoms with Crippen LogP contribution in [0.3, 0.4) is 0 Å². The maximum Gasteiger partial charge on any atom is 0.173 e. The normalized spacial score (nSPS) is 11.2. The van der Waals surface area contributed by atoms with Crippen LogP contribution in [-0.4, -0.2) is 15.9 Å². The van der Waals surface area contributed by atoms with Gasteiger partial charge in [-0.2, -0.15) is 0 Å². The summed E-state index contributed by atoms with van der Waals surface area (Å²) in [6.07, 6.45) is 2.50. The van der Waals surface area contributed by atoms with Gasteiger partial charge in [0.2, 0.25) is 0 Å². The number of benzene rings is 1. The molecule has 2 aromatic heterocycles. The number of aromatic nitrogens is 2. The highest BCUT2D eigenvalue weighted by Crippen LogP contribution is 2.29. The fourth-order valence-corrected chi connectivity index (χ4v) is 2.68. The topological polar surface area (TPSA) is 43.3 Å². The number of halogens is 1. The third-order valence-corrected chi connectivity index (χ3v) is 3.94. The predicted octanol–water partition coefficient (Wildman–Crippen LogP) is 3.26. The van der Waals surface area contributed by atoms with Crippen molar-refractivity contribution in [2.75, 3.05) is 6.54 Å². The Labute approximate surface area is 123 Å². The minimum absolute atomic E-state index is 0.313. The summed E-state index contributed by atoms with van der Waals surface area (Å²) in [5, 5.41) is 0. The summed E-state index contributed by atoms with van der Waals surface area (Å²) in [4.78, 5) is 4.54. The number of nitrogens with zero attached hydrogens (tertiary/aromatic N) is 2. The Hall–Kier alpha value is -2.20. The van der Waals surface area contributed by atoms with Crippen LogP contribution >= 0.6 is 0 Å². The van der Waals surface area contributed by atoms with Crippen molar-refractivity contribution in [2.45, 2.75) is 20.3 Å². The summed E-state index contributed by atoms with van der Waals surface area (Å²) < 4.78 is 15.8. The monoisotopic (exact) mass is 283 g/mol. The van der Waals surface area contributed by atoms with E-state index in [0.717, 1.165) is 17.0 Å². The molecule has 0 aliphatic carbocycles. The standard InChI is InChI=1S/C17H18FN3/c1-11-5-3-6-13(12(11)2)16-15(8-9-19)21-10-4-7-14(18)17(21)20-16/h3-7,10H,8-9,19H2,1-2H3. The molecule has 21 heavy (non-hydrogen) atoms. The van der Waals surface area contributed by atoms with Crippen LogP contribution in [0.4, 0.5) is 4.39 Å². The first kappa shape index (κ1) is 13.8. The maximum absolute atomic E-state index is 14.0. The highest BCUT2D eigenvalue weighted by Gasteiger charge is 2.17. The highest BCUT2D eigenvalue weighted by molar-refractivity contribution is 5.70. The number of nitrogens with two attached hydrogens (primary N) is 1. The van der Waals surface area contributed by atoms with Crippen molar-refractivity contribution < 1.29 is 4.39 Å². The van der Waals surface area contributed by atoms with Gasteiger partial charge in [0.15, 0.2) is 11.5 Å². The molecule has 3 rings (SSSR count). The molecule has 2 heterocycles. The zero-order valence-corrected chi connectivity index (χ0v) is 12.2. The van der Waals surface area contributed by atoms with Crippen LogP contribution in [0.25, 0.3) is 16.9 Å². The molecule has 3 aromatic rings. The second kappa shape index (κ2) is 5.30. The molecule has 0 saturated heterocycles. The Kier molecular flexibility index (Phi) is 3.47. The summed E-state index contributed by atoms with van der Waals surface area (Å²) in [7, 11) is 0. The molecule has 0 atom stereocenters. The van der Waals surface area contributed by atoms with Crippen molar-refractivity contribution in [3.05, 3.63) is 59.2 Å². The van der Waals surface area contributed by atoms with Crippen molar-refractivity contribution in [1.82, 2.24) is 9.38 Å². The molecule has 0 fully saturated rings. The Morgan fingerprint density at radius 3 is 2.76 bits per heavy atom. The second-order valence-electron chi connectivity index (χ2n) is 5.24. The van der Waals surface area contributed by atoms with E-state index in [2.05, 4.69) is 24.9 Å². The van der Waals surface area contributed by atoms with Gasteiger partial charge in [-0.3, -0.25) is 0 Å². The van der Waals surface area contributed by atoms with Crippen LogP contribution < -0.4 is 5.73 Å². The van der Waals surface area contributed by atoms with Gasteiger partial charge in [0, 0.05) is 18.2 Å². The van der Waals surface area contributed by atoms with Gasteiger partial charge in [0.1, 0.15) is 0 Å². The van der Waals surface area contributed by atoms with E-state index >= 15 is 0 Å². The Bertz CT molecular complexity index is 805. The third-order valence-electron chi connectivity index (χ3n) is 3.94. The molecule has 108 valence electrons. The lowest BCUT2D eigenvalue weighted by Gasteiger charge is -2.08. The number of hydrogen-bond donors (Lipinski definition) is 1. The van der Waals surface area contributed by atoms with E-state index in [1.165, 1.54) is 17.2 Å². The first-order valence-electron chi connectivity index (χ1n) is 7.05. The van der Waals surface area contributed by atoms with Crippen LogP contribution in [0.5, 0.6) is 0 Å². The van der Waals surface area contributed by atoms with Crippen molar-refractivity contribution in [1.29, 1.82) is 0 Å². The molecule has 4 heteroatoms. The summed E-state index contributed by atoms with van der Waals surface area (Å²) in [5.74, 6) is -0.313. The SMILES string of the molecule is Cc1cccc(-c2nc3c(F)cccn3c2CCN)c1C. The average molecular weight is 283 g/mol. The average Bonchev–Trinajstić information content (AvgIpc) is 2.83. The molecule has 0 amide bonds. The van der Waals surface area contributed by atoms with E-state index in [1.54, 1.807) is 10.5 Å². The maximum atomic E-state index is 14.0. The van der Waals surface area contributed by atoms with Crippen molar-refractivity contribution in [2.24, 2.45) is 5.73 Å². The fraction of sp³-hybridized carbons (Fsp3) is 0.235. The lowest BCUT2D eigenvalue weighted by atomic mass is 9.99. The van der Waals surface area contributed by atoms with Crippen molar-refractivity contribution in [3.63, 3.8) is 0 Å². The van der Waals surface area contributed by atoms with Gasteiger partial charge in [0.05, 0.1) is 11.4 Å². The summed E-state index contributed by atoms with van der Waals surface area (Å²) in [5.41, 5.74) is 11.3. The minimum atomic E-state index is -0.313. The number of imidazole rings is 1. The van der Waals surface area contributed by atoms with Crippen LogP contribution in [0.2, 0.25) is 0 Å². The van der Waals surface area contributed by atoms with Crippen LogP contribution in [-0.2, 0) is 6.42 Å². The summed E-state index contributed by atoms with van der Waals surface area (Å²) >= 11 is 0. The first-order valence-corrected chi connectivity index (χ1v) is 7.05. The molecule has 1 aromatic carbocycles. The van der Waals surface area contributed by atoms with Gasteiger partial charge in [0.25, 0.3) is 0 Å². The van der Waals surface area contributed by atoms with Gasteiger partial charge in [-0.25, -0.2) is 9.37 Å². The molecule has 0 unspecified atom stereocenters. The Morgan fingerprint density at radius 1 is 1.19 bits per heavy atom. The minimum Gasteiger partial charge on any atom is -0.330 e. The molecule has 0 bridgehead atoms. The number of fused-ring (bicyclic) bond motifs is 1. The van der Waals surface area contributed by atoms with E-state index in [4.69, 9.17) is 5.73 Å². The molecule has 2 N–H and O–H groups in total. The number of hydrogen-bond acceptors (Lipinski definition) is 2. The van der Waals surface area contributed by atoms with Gasteiger partial charge in [-0.1, -0.05) is 18.2 Å². The van der Waals surface area contributed by atoms with Crippen molar-refractivity contribution >= 4 is 5.65 Å². The van der Waals surface area contributed by atoms with Gasteiger partial charge in [-0.15, -0.1) is 0 Å². The molecule has 0 aliphatic rings. The molecule has 0 saturated carbocycles. The van der Waals surface area contributed by atoms with E-state index < -0.39 is 0 Å². The van der Waals surface area contributed by atoms with E-state index in [-0.39, 0.29) is 5.82 Å². The van der Waals surface area contributed by atoms with Gasteiger partial charge < -0.3 is 10.1 Å². The van der Waals surface area contributed by atoms with Crippen molar-refractivity contribution in [3.8, 4) is 11.3 Å². The fourth-order valence-electron chi connectivity index (χ4n) is 2.68. The number of aryl methyl sites for hydroxylation is 1. The lowest BCUT2D eigenvalue weighted by molar-refractivity contribution is 0.629. The Morgan fingerprint density at radius 2 is 2.00 bits per heavy atom. The largest absolute Gasteiger partial charge is 0.330 e. The first-order chi connectivity index (χ1) is 10.1. The molecular weight excluding hydrogens is 265 g/mol. The van der Waals surface area contributed by atoms with Gasteiger partial charge in [-0.05, 0) is 43.7 Å². The summed E-state index contributed by atoms with van der Waals surface area (Å²) in [6.45, 7) is 4.64. The number of pyridine rings is 1. The molecule has 0 aliphatic heterocycles. The van der Waals surface area contributed by atoms with Crippen LogP contribution in [0.1, 0.15) is 16.8 Å². The van der Waals surface area contributed by atoms with Crippen LogP contribution in [0.15, 0.2) is 36.5 Å². The lowest BCUT2D eigenvalue weighted by Crippen LogP contribution is -2.06. The zero-order chi connectivity index (χ0) is 15.0. The van der Waals surface area contributed by atoms with Gasteiger partial charge >= 0.3 is 0 Å². The molecular formula is C17H18FN3. The van der Waals surface area contributed by atoms with E-state index in [0.29, 0.717) is 18.6 Å². The van der Waals surface area contributed by atoms with Crippen LogP contribution in [0, 0.1) is 19.7 Å². The Balaban J connectivity index is 2.33. The predicted molar refractivity (Wildman–Crippen MR) is 82.8 cm³/mol. The number of rotatable bonds is 3. The molecule has 3 nitrogen and oxygen atoms in total. The highest BCUT2D eigenvalue weighted by atomic mass is 19.1. The van der Waals surface area contributed by atoms with E-state index in [9.17, 15) is 4.39 Å². The van der Waals surface area contributed by atoms with E-state index in [1.807, 2.05) is 18.3 Å². The molecule has 0 spiro atoms. The summed E-state index contributed by atoms with van der Waals surface area (Å²) in [6, 6.07) is 9.22.